The normalized spacial score (nSPS) is 13.8. The highest BCUT2D eigenvalue weighted by Crippen LogP contribution is 2.25. The van der Waals surface area contributed by atoms with Gasteiger partial charge in [0.1, 0.15) is 0 Å². The van der Waals surface area contributed by atoms with Crippen LogP contribution in [0.5, 0.6) is 0 Å². The summed E-state index contributed by atoms with van der Waals surface area (Å²) in [7, 11) is 0. The van der Waals surface area contributed by atoms with E-state index in [2.05, 4.69) is 0 Å². The Balaban J connectivity index is 1.95. The third-order valence-electron chi connectivity index (χ3n) is 3.26. The second kappa shape index (κ2) is 4.24. The zero-order chi connectivity index (χ0) is 13.4. The second-order valence-electron chi connectivity index (χ2n) is 4.44. The van der Waals surface area contributed by atoms with Gasteiger partial charge in [0.05, 0.1) is 17.7 Å². The molecule has 0 unspecified atom stereocenters. The molecule has 0 aromatic heterocycles. The van der Waals surface area contributed by atoms with Crippen molar-refractivity contribution in [1.29, 1.82) is 0 Å². The third-order valence-corrected chi connectivity index (χ3v) is 3.26. The van der Waals surface area contributed by atoms with E-state index in [4.69, 9.17) is 5.73 Å². The highest BCUT2D eigenvalue weighted by Gasteiger charge is 2.35. The SMILES string of the molecule is Nc1ccccc1CN1C(=O)c2ccccc2C1=O. The van der Waals surface area contributed by atoms with Crippen LogP contribution in [0.15, 0.2) is 48.5 Å². The molecular weight excluding hydrogens is 240 g/mol. The van der Waals surface area contributed by atoms with Crippen molar-refractivity contribution in [3.63, 3.8) is 0 Å². The zero-order valence-corrected chi connectivity index (χ0v) is 10.2. The van der Waals surface area contributed by atoms with Gasteiger partial charge in [0.2, 0.25) is 0 Å². The van der Waals surface area contributed by atoms with Gasteiger partial charge in [-0.2, -0.15) is 0 Å². The minimum Gasteiger partial charge on any atom is -0.398 e. The number of imide groups is 1. The molecular formula is C15H12N2O2. The zero-order valence-electron chi connectivity index (χ0n) is 10.2. The van der Waals surface area contributed by atoms with E-state index in [0.717, 1.165) is 5.56 Å². The number of hydrogen-bond donors (Lipinski definition) is 1. The van der Waals surface area contributed by atoms with Gasteiger partial charge in [-0.3, -0.25) is 14.5 Å². The van der Waals surface area contributed by atoms with Crippen LogP contribution in [-0.4, -0.2) is 16.7 Å². The number of fused-ring (bicyclic) bond motifs is 1. The molecule has 1 aliphatic heterocycles. The summed E-state index contributed by atoms with van der Waals surface area (Å²) in [5, 5.41) is 0. The lowest BCUT2D eigenvalue weighted by Gasteiger charge is -2.15. The molecule has 0 spiro atoms. The van der Waals surface area contributed by atoms with Crippen LogP contribution in [0.25, 0.3) is 0 Å². The summed E-state index contributed by atoms with van der Waals surface area (Å²) < 4.78 is 0. The van der Waals surface area contributed by atoms with Gasteiger partial charge in [0, 0.05) is 5.69 Å². The van der Waals surface area contributed by atoms with Crippen molar-refractivity contribution in [3.05, 3.63) is 65.2 Å². The van der Waals surface area contributed by atoms with Crippen LogP contribution in [0.2, 0.25) is 0 Å². The third kappa shape index (κ3) is 1.78. The fourth-order valence-corrected chi connectivity index (χ4v) is 2.23. The van der Waals surface area contributed by atoms with Crippen molar-refractivity contribution < 1.29 is 9.59 Å². The van der Waals surface area contributed by atoms with Gasteiger partial charge in [0.25, 0.3) is 11.8 Å². The first kappa shape index (κ1) is 11.5. The van der Waals surface area contributed by atoms with E-state index in [1.54, 1.807) is 30.3 Å². The molecule has 4 nitrogen and oxygen atoms in total. The Kier molecular flexibility index (Phi) is 2.56. The van der Waals surface area contributed by atoms with Crippen LogP contribution in [0.4, 0.5) is 5.69 Å². The van der Waals surface area contributed by atoms with Gasteiger partial charge in [-0.15, -0.1) is 0 Å². The smallest absolute Gasteiger partial charge is 0.261 e. The van der Waals surface area contributed by atoms with Gasteiger partial charge in [-0.1, -0.05) is 30.3 Å². The fourth-order valence-electron chi connectivity index (χ4n) is 2.23. The summed E-state index contributed by atoms with van der Waals surface area (Å²) in [5.74, 6) is -0.521. The maximum absolute atomic E-state index is 12.2. The molecule has 0 atom stereocenters. The minimum atomic E-state index is -0.260. The Morgan fingerprint density at radius 2 is 1.37 bits per heavy atom. The number of carbonyl (C=O) groups excluding carboxylic acids is 2. The molecule has 2 N–H and O–H groups in total. The van der Waals surface area contributed by atoms with Crippen LogP contribution in [0, 0.1) is 0 Å². The summed E-state index contributed by atoms with van der Waals surface area (Å²) in [6.45, 7) is 0.207. The van der Waals surface area contributed by atoms with E-state index >= 15 is 0 Å². The van der Waals surface area contributed by atoms with Gasteiger partial charge >= 0.3 is 0 Å². The Hall–Kier alpha value is -2.62. The monoisotopic (exact) mass is 252 g/mol. The Labute approximate surface area is 110 Å². The first-order chi connectivity index (χ1) is 9.18. The lowest BCUT2D eigenvalue weighted by molar-refractivity contribution is 0.0642. The van der Waals surface area contributed by atoms with E-state index in [-0.39, 0.29) is 18.4 Å². The maximum atomic E-state index is 12.2. The molecule has 0 radical (unpaired) electrons. The van der Waals surface area contributed by atoms with Gasteiger partial charge in [-0.05, 0) is 23.8 Å². The summed E-state index contributed by atoms with van der Waals surface area (Å²) in [4.78, 5) is 25.6. The molecule has 19 heavy (non-hydrogen) atoms. The number of benzene rings is 2. The Morgan fingerprint density at radius 1 is 0.842 bits per heavy atom. The molecule has 0 saturated carbocycles. The molecule has 4 heteroatoms. The number of carbonyl (C=O) groups is 2. The number of amides is 2. The lowest BCUT2D eigenvalue weighted by Crippen LogP contribution is -2.29. The van der Waals surface area contributed by atoms with Gasteiger partial charge in [-0.25, -0.2) is 0 Å². The summed E-state index contributed by atoms with van der Waals surface area (Å²) in [6.07, 6.45) is 0. The average molecular weight is 252 g/mol. The predicted octanol–water partition coefficient (Wildman–Crippen LogP) is 2.06. The molecule has 94 valence electrons. The van der Waals surface area contributed by atoms with Crippen molar-refractivity contribution in [1.82, 2.24) is 4.90 Å². The molecule has 1 heterocycles. The van der Waals surface area contributed by atoms with Crippen molar-refractivity contribution in [2.45, 2.75) is 6.54 Å². The highest BCUT2D eigenvalue weighted by atomic mass is 16.2. The number of nitrogens with two attached hydrogens (primary N) is 1. The van der Waals surface area contributed by atoms with E-state index in [9.17, 15) is 9.59 Å². The first-order valence-corrected chi connectivity index (χ1v) is 5.97. The molecule has 1 aliphatic rings. The quantitative estimate of drug-likeness (QED) is 0.657. The standard InChI is InChI=1S/C15H12N2O2/c16-13-8-4-1-5-10(13)9-17-14(18)11-6-2-3-7-12(11)15(17)19/h1-8H,9,16H2. The summed E-state index contributed by atoms with van der Waals surface area (Å²) in [5.41, 5.74) is 8.12. The number of nitrogens with zero attached hydrogens (tertiary/aromatic N) is 1. The van der Waals surface area contributed by atoms with E-state index < -0.39 is 0 Å². The molecule has 2 aromatic carbocycles. The maximum Gasteiger partial charge on any atom is 0.261 e. The van der Waals surface area contributed by atoms with Crippen molar-refractivity contribution in [2.24, 2.45) is 0 Å². The Bertz CT molecular complexity index is 644. The molecule has 0 fully saturated rings. The number of rotatable bonds is 2. The van der Waals surface area contributed by atoms with Crippen molar-refractivity contribution in [3.8, 4) is 0 Å². The summed E-state index contributed by atoms with van der Waals surface area (Å²) >= 11 is 0. The largest absolute Gasteiger partial charge is 0.398 e. The predicted molar refractivity (Wildman–Crippen MR) is 71.5 cm³/mol. The second-order valence-corrected chi connectivity index (χ2v) is 4.44. The van der Waals surface area contributed by atoms with E-state index in [0.29, 0.717) is 16.8 Å². The fraction of sp³-hybridized carbons (Fsp3) is 0.0667. The van der Waals surface area contributed by atoms with Crippen molar-refractivity contribution in [2.75, 3.05) is 5.73 Å². The highest BCUT2D eigenvalue weighted by molar-refractivity contribution is 6.21. The lowest BCUT2D eigenvalue weighted by atomic mass is 10.1. The number of hydrogen-bond acceptors (Lipinski definition) is 3. The van der Waals surface area contributed by atoms with Crippen LogP contribution in [-0.2, 0) is 6.54 Å². The molecule has 0 aliphatic carbocycles. The number of anilines is 1. The number of para-hydroxylation sites is 1. The van der Waals surface area contributed by atoms with E-state index in [1.165, 1.54) is 4.90 Å². The average Bonchev–Trinajstić information content (AvgIpc) is 2.67. The topological polar surface area (TPSA) is 63.4 Å². The molecule has 2 aromatic rings. The van der Waals surface area contributed by atoms with Crippen LogP contribution < -0.4 is 5.73 Å². The number of nitrogen functional groups attached to an aromatic ring is 1. The van der Waals surface area contributed by atoms with Crippen LogP contribution in [0.1, 0.15) is 26.3 Å². The molecule has 3 rings (SSSR count). The van der Waals surface area contributed by atoms with Gasteiger partial charge in [0.15, 0.2) is 0 Å². The molecule has 0 saturated heterocycles. The molecule has 2 amide bonds. The van der Waals surface area contributed by atoms with Crippen LogP contribution >= 0.6 is 0 Å². The van der Waals surface area contributed by atoms with Crippen LogP contribution in [0.3, 0.4) is 0 Å². The van der Waals surface area contributed by atoms with E-state index in [1.807, 2.05) is 18.2 Å². The Morgan fingerprint density at radius 3 is 1.95 bits per heavy atom. The first-order valence-electron chi connectivity index (χ1n) is 5.97. The minimum absolute atomic E-state index is 0.207. The molecule has 0 bridgehead atoms. The van der Waals surface area contributed by atoms with Crippen molar-refractivity contribution >= 4 is 17.5 Å². The summed E-state index contributed by atoms with van der Waals surface area (Å²) in [6, 6.07) is 14.1. The van der Waals surface area contributed by atoms with Gasteiger partial charge < -0.3 is 5.73 Å².